The molecule has 0 aliphatic rings. The van der Waals surface area contributed by atoms with E-state index in [9.17, 15) is 56.7 Å². The van der Waals surface area contributed by atoms with Gasteiger partial charge in [0.15, 0.2) is 0 Å². The zero-order valence-electron chi connectivity index (χ0n) is 15.1. The Morgan fingerprint density at radius 3 is 1.34 bits per heavy atom. The average molecular weight is 479 g/mol. The van der Waals surface area contributed by atoms with E-state index < -0.39 is 71.4 Å². The van der Waals surface area contributed by atoms with Crippen molar-refractivity contribution < 1.29 is 61.3 Å². The predicted molar refractivity (Wildman–Crippen MR) is 80.1 cm³/mol. The minimum Gasteiger partial charge on any atom is -0.323 e. The van der Waals surface area contributed by atoms with E-state index in [0.717, 1.165) is 0 Å². The fraction of sp³-hybridized carbons (Fsp3) is 1.00. The van der Waals surface area contributed by atoms with Crippen LogP contribution < -0.4 is 5.32 Å². The first-order chi connectivity index (χ1) is 12.6. The third-order valence-electron chi connectivity index (χ3n) is 3.24. The summed E-state index contributed by atoms with van der Waals surface area (Å²) in [7, 11) is -3.40. The smallest absolute Gasteiger partial charge is 0.323 e. The second kappa shape index (κ2) is 10.4. The lowest BCUT2D eigenvalue weighted by atomic mass is 9.98. The van der Waals surface area contributed by atoms with Crippen molar-refractivity contribution in [3.8, 4) is 0 Å². The Kier molecular flexibility index (Phi) is 10.9. The molecule has 0 fully saturated rings. The van der Waals surface area contributed by atoms with E-state index >= 15 is 0 Å². The summed E-state index contributed by atoms with van der Waals surface area (Å²) in [6.07, 6.45) is -10.4. The molecular weight excluding hydrogens is 459 g/mol. The summed E-state index contributed by atoms with van der Waals surface area (Å²) >= 11 is 0. The molecule has 0 aromatic rings. The SMILES string of the molecule is CNC.O=S(=O)(O)C(F)(F)C(F)(F)C(F)(F)C(F)(F)CCCCCCC(F)(F)F. The van der Waals surface area contributed by atoms with Crippen LogP contribution in [0.3, 0.4) is 0 Å². The van der Waals surface area contributed by atoms with Crippen molar-refractivity contribution in [3.05, 3.63) is 0 Å². The van der Waals surface area contributed by atoms with Crippen LogP contribution in [0.2, 0.25) is 0 Å². The molecule has 0 aromatic heterocycles. The van der Waals surface area contributed by atoms with Crippen molar-refractivity contribution in [2.75, 3.05) is 14.1 Å². The molecule has 0 amide bonds. The van der Waals surface area contributed by atoms with Crippen molar-refractivity contribution in [2.45, 2.75) is 67.7 Å². The van der Waals surface area contributed by atoms with Crippen LogP contribution in [0.5, 0.6) is 0 Å². The van der Waals surface area contributed by atoms with Crippen molar-refractivity contribution >= 4 is 10.1 Å². The molecule has 0 aromatic carbocycles. The highest BCUT2D eigenvalue weighted by atomic mass is 32.2. The van der Waals surface area contributed by atoms with Gasteiger partial charge in [-0.15, -0.1) is 0 Å². The largest absolute Gasteiger partial charge is 0.438 e. The molecule has 2 N–H and O–H groups in total. The minimum atomic E-state index is -7.16. The zero-order valence-corrected chi connectivity index (χ0v) is 15.9. The number of hydrogen-bond donors (Lipinski definition) is 2. The number of rotatable bonds is 10. The maximum absolute atomic E-state index is 13.3. The molecule has 16 heteroatoms. The van der Waals surface area contributed by atoms with Gasteiger partial charge in [0.25, 0.3) is 0 Å². The van der Waals surface area contributed by atoms with Gasteiger partial charge in [0.05, 0.1) is 0 Å². The fourth-order valence-electron chi connectivity index (χ4n) is 1.76. The number of halogens is 11. The molecule has 0 aliphatic carbocycles. The zero-order chi connectivity index (χ0) is 23.9. The lowest BCUT2D eigenvalue weighted by Gasteiger charge is -2.35. The van der Waals surface area contributed by atoms with Crippen LogP contribution in [0.15, 0.2) is 0 Å². The van der Waals surface area contributed by atoms with Gasteiger partial charge in [-0.1, -0.05) is 12.8 Å². The standard InChI is InChI=1S/C11H13F11O3S.C2H7N/c12-7(13,5-3-1-2-4-6-8(14,15)16)9(17,18)10(19,20)11(21,22)26(23,24)25;1-3-2/h1-6H2,(H,23,24,25);3H,1-2H3. The second-order valence-electron chi connectivity index (χ2n) is 5.87. The quantitative estimate of drug-likeness (QED) is 0.260. The Balaban J connectivity index is 0. The Hall–Kier alpha value is -0.900. The highest BCUT2D eigenvalue weighted by Crippen LogP contribution is 2.55. The number of hydrogen-bond acceptors (Lipinski definition) is 3. The van der Waals surface area contributed by atoms with E-state index in [1.165, 1.54) is 0 Å². The predicted octanol–water partition coefficient (Wildman–Crippen LogP) is 5.11. The summed E-state index contributed by atoms with van der Waals surface area (Å²) in [6, 6.07) is 0. The van der Waals surface area contributed by atoms with Crippen molar-refractivity contribution in [3.63, 3.8) is 0 Å². The third kappa shape index (κ3) is 8.03. The summed E-state index contributed by atoms with van der Waals surface area (Å²) in [5, 5.41) is -4.15. The molecule has 0 saturated carbocycles. The summed E-state index contributed by atoms with van der Waals surface area (Å²) in [5.74, 6) is -19.9. The van der Waals surface area contributed by atoms with Gasteiger partial charge < -0.3 is 5.32 Å². The first kappa shape index (κ1) is 30.3. The molecule has 0 heterocycles. The lowest BCUT2D eigenvalue weighted by molar-refractivity contribution is -0.349. The molecule has 0 radical (unpaired) electrons. The summed E-state index contributed by atoms with van der Waals surface area (Å²) in [5.41, 5.74) is 0. The van der Waals surface area contributed by atoms with E-state index in [1.807, 2.05) is 14.1 Å². The topological polar surface area (TPSA) is 66.4 Å². The van der Waals surface area contributed by atoms with Crippen molar-refractivity contribution in [1.29, 1.82) is 0 Å². The molecule has 178 valence electrons. The van der Waals surface area contributed by atoms with Gasteiger partial charge in [-0.2, -0.15) is 56.7 Å². The van der Waals surface area contributed by atoms with Crippen molar-refractivity contribution in [1.82, 2.24) is 5.32 Å². The van der Waals surface area contributed by atoms with Gasteiger partial charge in [0.1, 0.15) is 0 Å². The van der Waals surface area contributed by atoms with Crippen LogP contribution in [0, 0.1) is 0 Å². The Labute approximate surface area is 159 Å². The molecule has 0 aliphatic heterocycles. The molecule has 0 unspecified atom stereocenters. The highest BCUT2D eigenvalue weighted by Gasteiger charge is 2.84. The fourth-order valence-corrected chi connectivity index (χ4v) is 2.21. The molecular formula is C13H20F11NO3S. The normalized spacial score (nSPS) is 14.4. The van der Waals surface area contributed by atoms with Crippen molar-refractivity contribution in [2.24, 2.45) is 0 Å². The van der Waals surface area contributed by atoms with E-state index in [4.69, 9.17) is 4.55 Å². The van der Waals surface area contributed by atoms with Gasteiger partial charge in [0, 0.05) is 12.8 Å². The van der Waals surface area contributed by atoms with Gasteiger partial charge >= 0.3 is 39.3 Å². The number of alkyl halides is 11. The highest BCUT2D eigenvalue weighted by molar-refractivity contribution is 7.87. The summed E-state index contributed by atoms with van der Waals surface area (Å²) in [4.78, 5) is 0. The van der Waals surface area contributed by atoms with Gasteiger partial charge in [-0.25, -0.2) is 0 Å². The summed E-state index contributed by atoms with van der Waals surface area (Å²) in [6.45, 7) is 0. The van der Waals surface area contributed by atoms with E-state index in [-0.39, 0.29) is 6.42 Å². The van der Waals surface area contributed by atoms with Crippen LogP contribution in [-0.4, -0.2) is 56.3 Å². The first-order valence-corrected chi connectivity index (χ1v) is 9.20. The Bertz CT molecular complexity index is 591. The maximum atomic E-state index is 13.3. The first-order valence-electron chi connectivity index (χ1n) is 7.76. The van der Waals surface area contributed by atoms with Crippen LogP contribution >= 0.6 is 0 Å². The number of nitrogens with one attached hydrogen (secondary N) is 1. The van der Waals surface area contributed by atoms with Crippen LogP contribution in [-0.2, 0) is 10.1 Å². The third-order valence-corrected chi connectivity index (χ3v) is 4.15. The lowest BCUT2D eigenvalue weighted by Crippen LogP contribution is -2.64. The molecule has 0 saturated heterocycles. The molecule has 4 nitrogen and oxygen atoms in total. The molecule has 0 spiro atoms. The van der Waals surface area contributed by atoms with E-state index in [2.05, 4.69) is 5.32 Å². The average Bonchev–Trinajstić information content (AvgIpc) is 2.48. The Morgan fingerprint density at radius 2 is 1.03 bits per heavy atom. The maximum Gasteiger partial charge on any atom is 0.438 e. The van der Waals surface area contributed by atoms with Crippen LogP contribution in [0.1, 0.15) is 38.5 Å². The number of unbranched alkanes of at least 4 members (excludes halogenated alkanes) is 3. The molecule has 0 rings (SSSR count). The molecule has 0 bridgehead atoms. The second-order valence-corrected chi connectivity index (χ2v) is 7.34. The minimum absolute atomic E-state index is 0.376. The van der Waals surface area contributed by atoms with Gasteiger partial charge in [-0.05, 0) is 26.9 Å². The van der Waals surface area contributed by atoms with Crippen LogP contribution in [0.25, 0.3) is 0 Å². The van der Waals surface area contributed by atoms with Crippen LogP contribution in [0.4, 0.5) is 48.3 Å². The van der Waals surface area contributed by atoms with Gasteiger partial charge in [0.2, 0.25) is 0 Å². The Morgan fingerprint density at radius 1 is 0.690 bits per heavy atom. The monoisotopic (exact) mass is 479 g/mol. The molecule has 29 heavy (non-hydrogen) atoms. The van der Waals surface area contributed by atoms with E-state index in [0.29, 0.717) is 0 Å². The van der Waals surface area contributed by atoms with E-state index in [1.54, 1.807) is 0 Å². The summed E-state index contributed by atoms with van der Waals surface area (Å²) < 4.78 is 169. The molecule has 0 atom stereocenters. The van der Waals surface area contributed by atoms with Gasteiger partial charge in [-0.3, -0.25) is 4.55 Å².